The van der Waals surface area contributed by atoms with Crippen molar-refractivity contribution in [3.05, 3.63) is 84.6 Å². The van der Waals surface area contributed by atoms with Gasteiger partial charge in [-0.1, -0.05) is 64.8 Å². The van der Waals surface area contributed by atoms with Crippen LogP contribution < -0.4 is 16.4 Å². The van der Waals surface area contributed by atoms with Crippen molar-refractivity contribution in [1.29, 1.82) is 0 Å². The minimum Gasteiger partial charge on any atom is -0.444 e. The van der Waals surface area contributed by atoms with Crippen LogP contribution in [0.1, 0.15) is 99.0 Å². The Hall–Kier alpha value is -5.25. The smallest absolute Gasteiger partial charge is 0.408 e. The zero-order valence-electron chi connectivity index (χ0n) is 31.6. The molecule has 4 N–H and O–H groups in total. The Bertz CT molecular complexity index is 1990. The van der Waals surface area contributed by atoms with E-state index in [2.05, 4.69) is 41.6 Å². The Morgan fingerprint density at radius 2 is 1.65 bits per heavy atom. The molecule has 1 aliphatic carbocycles. The van der Waals surface area contributed by atoms with E-state index in [0.29, 0.717) is 28.4 Å². The predicted octanol–water partition coefficient (Wildman–Crippen LogP) is 9.82. The lowest BCUT2D eigenvalue weighted by Crippen LogP contribution is -2.52. The number of anilines is 2. The zero-order chi connectivity index (χ0) is 37.5. The van der Waals surface area contributed by atoms with Gasteiger partial charge in [0.2, 0.25) is 5.91 Å². The van der Waals surface area contributed by atoms with Gasteiger partial charge in [0.1, 0.15) is 16.9 Å². The fourth-order valence-electron chi connectivity index (χ4n) is 6.70. The summed E-state index contributed by atoms with van der Waals surface area (Å²) in [5.41, 5.74) is 11.6. The second-order valence-electron chi connectivity index (χ2n) is 14.2. The van der Waals surface area contributed by atoms with E-state index >= 15 is 0 Å². The SMILES string of the molecule is CC.CCCC(CCC)C(=O)Nc1cccc(-c2ccc3nc(-c4cccnc4N)n(-c4ccc(C5(NC(=O)OC(C)(C)C)CCC5)cc4)c3n2)c1. The number of ether oxygens (including phenoxy) is 1. The molecule has 0 saturated heterocycles. The summed E-state index contributed by atoms with van der Waals surface area (Å²) >= 11 is 0. The minimum absolute atomic E-state index is 0.00512. The minimum atomic E-state index is -0.584. The number of amides is 2. The molecule has 1 fully saturated rings. The molecule has 1 aliphatic rings. The van der Waals surface area contributed by atoms with E-state index in [1.807, 2.05) is 99.8 Å². The van der Waals surface area contributed by atoms with Crippen LogP contribution in [-0.2, 0) is 15.1 Å². The number of carbonyl (C=O) groups is 2. The molecule has 0 bridgehead atoms. The Labute approximate surface area is 307 Å². The normalized spacial score (nSPS) is 13.5. The van der Waals surface area contributed by atoms with Gasteiger partial charge in [0.15, 0.2) is 11.5 Å². The number of pyridine rings is 2. The first kappa shape index (κ1) is 38.0. The Morgan fingerprint density at radius 3 is 2.27 bits per heavy atom. The lowest BCUT2D eigenvalue weighted by molar-refractivity contribution is -0.120. The number of imidazole rings is 1. The van der Waals surface area contributed by atoms with Crippen LogP contribution in [0.3, 0.4) is 0 Å². The number of carbonyl (C=O) groups excluding carboxylic acids is 2. The van der Waals surface area contributed by atoms with E-state index in [0.717, 1.165) is 73.1 Å². The number of hydrogen-bond acceptors (Lipinski definition) is 7. The second-order valence-corrected chi connectivity index (χ2v) is 14.2. The molecule has 1 saturated carbocycles. The van der Waals surface area contributed by atoms with Crippen LogP contribution in [0.2, 0.25) is 0 Å². The predicted molar refractivity (Wildman–Crippen MR) is 210 cm³/mol. The van der Waals surface area contributed by atoms with Crippen LogP contribution in [0, 0.1) is 5.92 Å². The van der Waals surface area contributed by atoms with Crippen molar-refractivity contribution >= 4 is 34.7 Å². The molecule has 0 atom stereocenters. The van der Waals surface area contributed by atoms with Crippen molar-refractivity contribution < 1.29 is 14.3 Å². The highest BCUT2D eigenvalue weighted by atomic mass is 16.6. The number of nitrogens with zero attached hydrogens (tertiary/aromatic N) is 4. The molecule has 0 aliphatic heterocycles. The number of rotatable bonds is 11. The molecule has 52 heavy (non-hydrogen) atoms. The highest BCUT2D eigenvalue weighted by molar-refractivity contribution is 5.93. The number of nitrogens with one attached hydrogen (secondary N) is 2. The zero-order valence-corrected chi connectivity index (χ0v) is 31.6. The molecule has 6 rings (SSSR count). The summed E-state index contributed by atoms with van der Waals surface area (Å²) in [5.74, 6) is 1.03. The van der Waals surface area contributed by atoms with Gasteiger partial charge in [-0.25, -0.2) is 19.7 Å². The maximum atomic E-state index is 13.1. The molecular formula is C42H53N7O3. The molecule has 274 valence electrons. The van der Waals surface area contributed by atoms with E-state index in [1.165, 1.54) is 0 Å². The van der Waals surface area contributed by atoms with Gasteiger partial charge in [0, 0.05) is 29.1 Å². The molecular weight excluding hydrogens is 651 g/mol. The van der Waals surface area contributed by atoms with Gasteiger partial charge in [0.25, 0.3) is 0 Å². The lowest BCUT2D eigenvalue weighted by Gasteiger charge is -2.43. The third kappa shape index (κ3) is 8.44. The molecule has 0 unspecified atom stereocenters. The summed E-state index contributed by atoms with van der Waals surface area (Å²) in [6.07, 6.45) is 7.59. The monoisotopic (exact) mass is 703 g/mol. The molecule has 3 aromatic heterocycles. The maximum Gasteiger partial charge on any atom is 0.408 e. The first-order valence-electron chi connectivity index (χ1n) is 18.6. The van der Waals surface area contributed by atoms with Crippen molar-refractivity contribution in [2.45, 2.75) is 105 Å². The third-order valence-electron chi connectivity index (χ3n) is 9.28. The number of alkyl carbamates (subject to hydrolysis) is 1. The van der Waals surface area contributed by atoms with E-state index in [9.17, 15) is 9.59 Å². The molecule has 3 heterocycles. The Kier molecular flexibility index (Phi) is 12.0. The lowest BCUT2D eigenvalue weighted by atomic mass is 9.72. The van der Waals surface area contributed by atoms with Gasteiger partial charge in [-0.15, -0.1) is 0 Å². The van der Waals surface area contributed by atoms with Crippen molar-refractivity contribution in [2.75, 3.05) is 11.1 Å². The summed E-state index contributed by atoms with van der Waals surface area (Å²) in [6.45, 7) is 13.8. The summed E-state index contributed by atoms with van der Waals surface area (Å²) in [6, 6.07) is 23.6. The standard InChI is InChI=1S/C40H47N7O3.C2H6/c1-6-11-26(12-7-2)37(48)43-29-14-8-13-27(25-29)32-20-21-33-36(44-32)47(35(45-33)31-15-9-24-42-34(31)41)30-18-16-28(17-19-30)40(22-10-23-40)46-38(49)50-39(3,4)5;1-2/h8-9,13-21,24-26H,6-7,10-12,22-23H2,1-5H3,(H2,41,42)(H,43,48)(H,46,49);1-2H3. The van der Waals surface area contributed by atoms with Crippen LogP contribution in [0.15, 0.2) is 79.0 Å². The largest absolute Gasteiger partial charge is 0.444 e. The van der Waals surface area contributed by atoms with Crippen LogP contribution in [0.4, 0.5) is 16.3 Å². The molecule has 2 amide bonds. The average molecular weight is 704 g/mol. The fourth-order valence-corrected chi connectivity index (χ4v) is 6.70. The molecule has 5 aromatic rings. The highest BCUT2D eigenvalue weighted by Crippen LogP contribution is 2.42. The topological polar surface area (TPSA) is 137 Å². The first-order valence-corrected chi connectivity index (χ1v) is 18.6. The first-order chi connectivity index (χ1) is 25.0. The average Bonchev–Trinajstić information content (AvgIpc) is 3.49. The van der Waals surface area contributed by atoms with Gasteiger partial charge in [-0.05, 0) is 107 Å². The summed E-state index contributed by atoms with van der Waals surface area (Å²) in [7, 11) is 0. The van der Waals surface area contributed by atoms with Crippen LogP contribution in [-0.4, -0.2) is 37.1 Å². The van der Waals surface area contributed by atoms with Crippen molar-refractivity contribution in [3.63, 3.8) is 0 Å². The molecule has 0 spiro atoms. The van der Waals surface area contributed by atoms with Gasteiger partial charge >= 0.3 is 6.09 Å². The van der Waals surface area contributed by atoms with Crippen LogP contribution in [0.5, 0.6) is 0 Å². The van der Waals surface area contributed by atoms with E-state index in [4.69, 9.17) is 20.4 Å². The van der Waals surface area contributed by atoms with Gasteiger partial charge in [-0.3, -0.25) is 9.36 Å². The van der Waals surface area contributed by atoms with Crippen molar-refractivity contribution in [3.8, 4) is 28.3 Å². The van der Waals surface area contributed by atoms with Gasteiger partial charge in [-0.2, -0.15) is 0 Å². The van der Waals surface area contributed by atoms with E-state index in [1.54, 1.807) is 6.20 Å². The number of aromatic nitrogens is 4. The van der Waals surface area contributed by atoms with Crippen molar-refractivity contribution in [1.82, 2.24) is 24.8 Å². The third-order valence-corrected chi connectivity index (χ3v) is 9.28. The maximum absolute atomic E-state index is 13.1. The Balaban J connectivity index is 0.00000257. The number of fused-ring (bicyclic) bond motifs is 1. The fraction of sp³-hybridized carbons (Fsp3) is 0.405. The van der Waals surface area contributed by atoms with Crippen LogP contribution >= 0.6 is 0 Å². The quantitative estimate of drug-likeness (QED) is 0.125. The summed E-state index contributed by atoms with van der Waals surface area (Å²) in [5, 5.41) is 6.29. The number of nitrogens with two attached hydrogens (primary N) is 1. The van der Waals surface area contributed by atoms with Crippen LogP contribution in [0.25, 0.3) is 39.5 Å². The molecule has 2 aromatic carbocycles. The molecule has 10 nitrogen and oxygen atoms in total. The van der Waals surface area contributed by atoms with E-state index < -0.39 is 17.2 Å². The number of benzene rings is 2. The second kappa shape index (κ2) is 16.4. The van der Waals surface area contributed by atoms with Gasteiger partial charge in [0.05, 0.1) is 16.8 Å². The summed E-state index contributed by atoms with van der Waals surface area (Å²) in [4.78, 5) is 40.4. The molecule has 0 radical (unpaired) electrons. The van der Waals surface area contributed by atoms with Gasteiger partial charge < -0.3 is 21.1 Å². The highest BCUT2D eigenvalue weighted by Gasteiger charge is 2.41. The van der Waals surface area contributed by atoms with Crippen molar-refractivity contribution in [2.24, 2.45) is 5.92 Å². The Morgan fingerprint density at radius 1 is 0.942 bits per heavy atom. The number of hydrogen-bond donors (Lipinski definition) is 3. The summed E-state index contributed by atoms with van der Waals surface area (Å²) < 4.78 is 7.59. The number of nitrogen functional groups attached to an aromatic ring is 1. The van der Waals surface area contributed by atoms with E-state index in [-0.39, 0.29) is 11.8 Å². The molecule has 10 heteroatoms.